The van der Waals surface area contributed by atoms with Crippen molar-refractivity contribution in [2.75, 3.05) is 26.3 Å². The van der Waals surface area contributed by atoms with Crippen molar-refractivity contribution >= 4 is 16.0 Å². The fraction of sp³-hybridized carbons (Fsp3) is 0.562. The van der Waals surface area contributed by atoms with Gasteiger partial charge in [0.1, 0.15) is 0 Å². The monoisotopic (exact) mass is 356 g/mol. The lowest BCUT2D eigenvalue weighted by Gasteiger charge is -2.11. The van der Waals surface area contributed by atoms with Gasteiger partial charge >= 0.3 is 0 Å². The van der Waals surface area contributed by atoms with E-state index in [0.717, 1.165) is 44.7 Å². The van der Waals surface area contributed by atoms with Gasteiger partial charge in [-0.25, -0.2) is 18.5 Å². The second-order valence-electron chi connectivity index (χ2n) is 5.22. The van der Waals surface area contributed by atoms with Crippen LogP contribution in [-0.4, -0.2) is 40.7 Å². The molecule has 0 heterocycles. The number of nitrogens with two attached hydrogens (primary N) is 1. The van der Waals surface area contributed by atoms with Crippen molar-refractivity contribution in [3.63, 3.8) is 0 Å². The molecule has 0 amide bonds. The molecular weight excluding hydrogens is 328 g/mol. The van der Waals surface area contributed by atoms with Gasteiger partial charge in [-0.2, -0.15) is 0 Å². The number of unbranched alkanes of at least 4 members (excludes halogenated alkanes) is 1. The summed E-state index contributed by atoms with van der Waals surface area (Å²) >= 11 is 0. The predicted octanol–water partition coefficient (Wildman–Crippen LogP) is 1.21. The third-order valence-electron chi connectivity index (χ3n) is 3.20. The highest BCUT2D eigenvalue weighted by Crippen LogP contribution is 2.10. The minimum Gasteiger partial charge on any atom is -0.382 e. The van der Waals surface area contributed by atoms with Crippen molar-refractivity contribution in [3.8, 4) is 0 Å². The maximum absolute atomic E-state index is 11.4. The molecule has 0 aromatic heterocycles. The quantitative estimate of drug-likeness (QED) is 0.332. The minimum atomic E-state index is -3.69. The van der Waals surface area contributed by atoms with Gasteiger partial charge in [0.05, 0.1) is 11.4 Å². The van der Waals surface area contributed by atoms with Gasteiger partial charge in [0.25, 0.3) is 0 Å². The van der Waals surface area contributed by atoms with E-state index in [1.54, 1.807) is 12.1 Å². The van der Waals surface area contributed by atoms with Gasteiger partial charge in [0, 0.05) is 26.3 Å². The van der Waals surface area contributed by atoms with Crippen molar-refractivity contribution < 1.29 is 13.2 Å². The van der Waals surface area contributed by atoms with E-state index < -0.39 is 10.0 Å². The number of benzene rings is 1. The number of hydrogen-bond acceptors (Lipinski definition) is 4. The van der Waals surface area contributed by atoms with Gasteiger partial charge in [-0.15, -0.1) is 0 Å². The smallest absolute Gasteiger partial charge is 0.238 e. The van der Waals surface area contributed by atoms with Gasteiger partial charge < -0.3 is 15.4 Å². The first kappa shape index (κ1) is 20.4. The molecule has 1 aromatic carbocycles. The van der Waals surface area contributed by atoms with Crippen molar-refractivity contribution in [1.29, 1.82) is 0 Å². The Labute approximate surface area is 144 Å². The topological polar surface area (TPSA) is 106 Å². The number of aliphatic imine (C=N–C) groups is 1. The normalized spacial score (nSPS) is 12.2. The van der Waals surface area contributed by atoms with Crippen molar-refractivity contribution in [2.45, 2.75) is 38.1 Å². The Morgan fingerprint density at radius 2 is 2.04 bits per heavy atom. The highest BCUT2D eigenvalue weighted by molar-refractivity contribution is 7.89. The summed E-state index contributed by atoms with van der Waals surface area (Å²) in [7, 11) is -3.69. The molecule has 1 aromatic rings. The van der Waals surface area contributed by atoms with E-state index in [2.05, 4.69) is 15.6 Å². The number of sulfonamides is 1. The van der Waals surface area contributed by atoms with Crippen LogP contribution in [0.2, 0.25) is 0 Å². The summed E-state index contributed by atoms with van der Waals surface area (Å²) in [5.74, 6) is 0.704. The Morgan fingerprint density at radius 3 is 2.71 bits per heavy atom. The third kappa shape index (κ3) is 8.28. The molecule has 8 heteroatoms. The van der Waals surface area contributed by atoms with E-state index in [4.69, 9.17) is 9.88 Å². The number of guanidine groups is 1. The van der Waals surface area contributed by atoms with Crippen molar-refractivity contribution in [3.05, 3.63) is 29.8 Å². The maximum Gasteiger partial charge on any atom is 0.238 e. The number of ether oxygens (including phenoxy) is 1. The first-order valence-corrected chi connectivity index (χ1v) is 9.73. The van der Waals surface area contributed by atoms with Crippen LogP contribution in [0.15, 0.2) is 34.2 Å². The Morgan fingerprint density at radius 1 is 1.25 bits per heavy atom. The number of rotatable bonds is 10. The Bertz CT molecular complexity index is 618. The molecule has 7 nitrogen and oxygen atoms in total. The zero-order valence-corrected chi connectivity index (χ0v) is 15.2. The SMILES string of the molecule is CCNC(=NCc1cccc(S(N)(=O)=O)c1)NCCCCOCC. The van der Waals surface area contributed by atoms with E-state index in [1.165, 1.54) is 6.07 Å². The molecular formula is C16H28N4O3S. The highest BCUT2D eigenvalue weighted by Gasteiger charge is 2.07. The number of nitrogens with one attached hydrogen (secondary N) is 2. The lowest BCUT2D eigenvalue weighted by molar-refractivity contribution is 0.143. The van der Waals surface area contributed by atoms with Gasteiger partial charge in [-0.3, -0.25) is 0 Å². The summed E-state index contributed by atoms with van der Waals surface area (Å²) in [6.45, 7) is 7.42. The van der Waals surface area contributed by atoms with Crippen LogP contribution in [-0.2, 0) is 21.3 Å². The molecule has 0 saturated heterocycles. The summed E-state index contributed by atoms with van der Waals surface area (Å²) in [4.78, 5) is 4.57. The molecule has 0 aliphatic carbocycles. The molecule has 4 N–H and O–H groups in total. The predicted molar refractivity (Wildman–Crippen MR) is 96.4 cm³/mol. The van der Waals surface area contributed by atoms with Gasteiger partial charge in [-0.1, -0.05) is 12.1 Å². The highest BCUT2D eigenvalue weighted by atomic mass is 32.2. The average molecular weight is 356 g/mol. The Kier molecular flexibility index (Phi) is 9.36. The molecule has 0 fully saturated rings. The van der Waals surface area contributed by atoms with Crippen LogP contribution in [0.1, 0.15) is 32.3 Å². The molecule has 0 atom stereocenters. The second kappa shape index (κ2) is 11.0. The summed E-state index contributed by atoms with van der Waals surface area (Å²) < 4.78 is 28.1. The first-order chi connectivity index (χ1) is 11.5. The van der Waals surface area contributed by atoms with Crippen molar-refractivity contribution in [1.82, 2.24) is 10.6 Å². The van der Waals surface area contributed by atoms with E-state index in [0.29, 0.717) is 12.5 Å². The minimum absolute atomic E-state index is 0.101. The van der Waals surface area contributed by atoms with Crippen molar-refractivity contribution in [2.24, 2.45) is 10.1 Å². The van der Waals surface area contributed by atoms with Crippen LogP contribution in [0.3, 0.4) is 0 Å². The number of hydrogen-bond donors (Lipinski definition) is 3. The molecule has 0 aliphatic heterocycles. The standard InChI is InChI=1S/C16H28N4O3S/c1-3-18-16(19-10-5-6-11-23-4-2)20-13-14-8-7-9-15(12-14)24(17,21)22/h7-9,12H,3-6,10-11,13H2,1-2H3,(H2,17,21,22)(H2,18,19,20). The molecule has 0 aliphatic rings. The molecule has 136 valence electrons. The van der Waals surface area contributed by atoms with E-state index in [1.807, 2.05) is 19.9 Å². The fourth-order valence-corrected chi connectivity index (χ4v) is 2.60. The summed E-state index contributed by atoms with van der Waals surface area (Å²) in [6.07, 6.45) is 1.99. The Balaban J connectivity index is 2.56. The van der Waals surface area contributed by atoms with Gasteiger partial charge in [0.2, 0.25) is 10.0 Å². The van der Waals surface area contributed by atoms with Crippen LogP contribution in [0.4, 0.5) is 0 Å². The van der Waals surface area contributed by atoms with Gasteiger partial charge in [0.15, 0.2) is 5.96 Å². The van der Waals surface area contributed by atoms with E-state index in [-0.39, 0.29) is 4.90 Å². The lowest BCUT2D eigenvalue weighted by Crippen LogP contribution is -2.37. The van der Waals surface area contributed by atoms with Crippen LogP contribution in [0.25, 0.3) is 0 Å². The largest absolute Gasteiger partial charge is 0.382 e. The second-order valence-corrected chi connectivity index (χ2v) is 6.78. The summed E-state index contributed by atoms with van der Waals surface area (Å²) in [6, 6.07) is 6.51. The van der Waals surface area contributed by atoms with Crippen LogP contribution >= 0.6 is 0 Å². The molecule has 0 saturated carbocycles. The average Bonchev–Trinajstić information content (AvgIpc) is 2.55. The summed E-state index contributed by atoms with van der Waals surface area (Å²) in [5.41, 5.74) is 0.787. The molecule has 0 unspecified atom stereocenters. The van der Waals surface area contributed by atoms with E-state index in [9.17, 15) is 8.42 Å². The number of primary sulfonamides is 1. The third-order valence-corrected chi connectivity index (χ3v) is 4.11. The molecule has 0 spiro atoms. The molecule has 0 bridgehead atoms. The van der Waals surface area contributed by atoms with Gasteiger partial charge in [-0.05, 0) is 44.4 Å². The zero-order chi connectivity index (χ0) is 17.8. The molecule has 24 heavy (non-hydrogen) atoms. The van der Waals surface area contributed by atoms with Crippen LogP contribution < -0.4 is 15.8 Å². The molecule has 0 radical (unpaired) electrons. The summed E-state index contributed by atoms with van der Waals surface area (Å²) in [5, 5.41) is 11.6. The van der Waals surface area contributed by atoms with Crippen LogP contribution in [0, 0.1) is 0 Å². The molecule has 1 rings (SSSR count). The fourth-order valence-electron chi connectivity index (χ4n) is 2.01. The lowest BCUT2D eigenvalue weighted by atomic mass is 10.2. The maximum atomic E-state index is 11.4. The Hall–Kier alpha value is -1.64. The number of nitrogens with zero attached hydrogens (tertiary/aromatic N) is 1. The first-order valence-electron chi connectivity index (χ1n) is 8.19. The zero-order valence-electron chi connectivity index (χ0n) is 14.4. The van der Waals surface area contributed by atoms with Crippen LogP contribution in [0.5, 0.6) is 0 Å². The van der Waals surface area contributed by atoms with E-state index >= 15 is 0 Å².